The molecule has 0 bridgehead atoms. The quantitative estimate of drug-likeness (QED) is 0.643. The number of methoxy groups -OCH3 is 1. The van der Waals surface area contributed by atoms with E-state index in [2.05, 4.69) is 4.98 Å². The Bertz CT molecular complexity index is 337. The number of nitrogens with zero attached hydrogens (tertiary/aromatic N) is 2. The van der Waals surface area contributed by atoms with Crippen molar-refractivity contribution < 1.29 is 9.47 Å². The molecule has 0 amide bonds. The van der Waals surface area contributed by atoms with Gasteiger partial charge in [-0.1, -0.05) is 0 Å². The van der Waals surface area contributed by atoms with Crippen molar-refractivity contribution >= 4 is 5.82 Å². The molecule has 0 aromatic carbocycles. The first-order chi connectivity index (χ1) is 6.74. The van der Waals surface area contributed by atoms with Gasteiger partial charge in [0.1, 0.15) is 12.5 Å². The van der Waals surface area contributed by atoms with Crippen LogP contribution in [0, 0.1) is 0 Å². The van der Waals surface area contributed by atoms with Crippen molar-refractivity contribution in [3.8, 4) is 0 Å². The Labute approximate surface area is 81.3 Å². The zero-order valence-electron chi connectivity index (χ0n) is 7.97. The maximum absolute atomic E-state index is 11.2. The summed E-state index contributed by atoms with van der Waals surface area (Å²) in [6.45, 7) is 1.10. The molecule has 6 nitrogen and oxygen atoms in total. The van der Waals surface area contributed by atoms with Gasteiger partial charge in [0, 0.05) is 13.3 Å². The number of anilines is 1. The van der Waals surface area contributed by atoms with Gasteiger partial charge in [-0.15, -0.1) is 0 Å². The van der Waals surface area contributed by atoms with Crippen LogP contribution in [0.4, 0.5) is 5.82 Å². The summed E-state index contributed by atoms with van der Waals surface area (Å²) in [6.07, 6.45) is 1.54. The van der Waals surface area contributed by atoms with Crippen molar-refractivity contribution in [3.63, 3.8) is 0 Å². The molecule has 0 fully saturated rings. The summed E-state index contributed by atoms with van der Waals surface area (Å²) in [6, 6.07) is 1.54. The first-order valence-electron chi connectivity index (χ1n) is 4.13. The first-order valence-corrected chi connectivity index (χ1v) is 4.13. The summed E-state index contributed by atoms with van der Waals surface area (Å²) >= 11 is 0. The minimum Gasteiger partial charge on any atom is -0.383 e. The minimum atomic E-state index is -0.414. The van der Waals surface area contributed by atoms with E-state index in [-0.39, 0.29) is 12.5 Å². The van der Waals surface area contributed by atoms with Gasteiger partial charge < -0.3 is 15.2 Å². The molecule has 0 saturated heterocycles. The summed E-state index contributed by atoms with van der Waals surface area (Å²) < 4.78 is 11.2. The second-order valence-electron chi connectivity index (χ2n) is 2.63. The van der Waals surface area contributed by atoms with E-state index in [0.29, 0.717) is 13.2 Å². The Morgan fingerprint density at radius 2 is 2.36 bits per heavy atom. The van der Waals surface area contributed by atoms with Crippen LogP contribution >= 0.6 is 0 Å². The number of nitrogens with two attached hydrogens (primary N) is 1. The van der Waals surface area contributed by atoms with E-state index in [1.54, 1.807) is 13.2 Å². The summed E-state index contributed by atoms with van der Waals surface area (Å²) in [5.41, 5.74) is 4.90. The molecule has 14 heavy (non-hydrogen) atoms. The van der Waals surface area contributed by atoms with Crippen molar-refractivity contribution in [2.45, 2.75) is 6.73 Å². The molecule has 0 unspecified atom stereocenters. The Hall–Kier alpha value is -1.40. The van der Waals surface area contributed by atoms with Crippen LogP contribution in [-0.4, -0.2) is 29.9 Å². The molecule has 1 heterocycles. The van der Waals surface area contributed by atoms with Crippen LogP contribution in [-0.2, 0) is 16.2 Å². The van der Waals surface area contributed by atoms with Crippen molar-refractivity contribution in [2.75, 3.05) is 26.1 Å². The minimum absolute atomic E-state index is 0.162. The topological polar surface area (TPSA) is 79.4 Å². The third-order valence-corrected chi connectivity index (χ3v) is 1.56. The third kappa shape index (κ3) is 3.15. The number of ether oxygens (including phenoxy) is 2. The smallest absolute Gasteiger partial charge is 0.351 e. The summed E-state index contributed by atoms with van der Waals surface area (Å²) in [5.74, 6) is 0.211. The van der Waals surface area contributed by atoms with Crippen molar-refractivity contribution in [3.05, 3.63) is 22.7 Å². The van der Waals surface area contributed by atoms with Gasteiger partial charge in [-0.3, -0.25) is 4.57 Å². The van der Waals surface area contributed by atoms with Gasteiger partial charge in [0.05, 0.1) is 13.2 Å². The van der Waals surface area contributed by atoms with Crippen LogP contribution < -0.4 is 11.4 Å². The third-order valence-electron chi connectivity index (χ3n) is 1.56. The second kappa shape index (κ2) is 5.36. The molecule has 78 valence electrons. The average Bonchev–Trinajstić information content (AvgIpc) is 2.15. The van der Waals surface area contributed by atoms with E-state index in [0.717, 1.165) is 0 Å². The van der Waals surface area contributed by atoms with E-state index in [1.807, 2.05) is 0 Å². The highest BCUT2D eigenvalue weighted by Gasteiger charge is 1.96. The fourth-order valence-electron chi connectivity index (χ4n) is 0.845. The Morgan fingerprint density at radius 1 is 1.57 bits per heavy atom. The van der Waals surface area contributed by atoms with Crippen molar-refractivity contribution in [2.24, 2.45) is 0 Å². The normalized spacial score (nSPS) is 10.4. The van der Waals surface area contributed by atoms with Gasteiger partial charge in [0.25, 0.3) is 0 Å². The van der Waals surface area contributed by atoms with Gasteiger partial charge in [-0.2, -0.15) is 4.98 Å². The molecular formula is C8H13N3O3. The van der Waals surface area contributed by atoms with Gasteiger partial charge in [-0.05, 0) is 6.07 Å². The van der Waals surface area contributed by atoms with Crippen LogP contribution in [0.2, 0.25) is 0 Å². The van der Waals surface area contributed by atoms with Gasteiger partial charge in [0.2, 0.25) is 0 Å². The molecule has 1 rings (SSSR count). The lowest BCUT2D eigenvalue weighted by Crippen LogP contribution is -2.24. The Balaban J connectivity index is 2.47. The molecule has 1 aromatic rings. The van der Waals surface area contributed by atoms with Crippen LogP contribution in [0.5, 0.6) is 0 Å². The first kappa shape index (κ1) is 10.7. The summed E-state index contributed by atoms with van der Waals surface area (Å²) in [7, 11) is 1.58. The molecule has 0 aliphatic heterocycles. The Morgan fingerprint density at radius 3 is 3.00 bits per heavy atom. The van der Waals surface area contributed by atoms with Gasteiger partial charge >= 0.3 is 5.69 Å². The van der Waals surface area contributed by atoms with E-state index >= 15 is 0 Å². The SMILES string of the molecule is COCCOCn1ccc(N)nc1=O. The molecule has 0 atom stereocenters. The van der Waals surface area contributed by atoms with E-state index in [9.17, 15) is 4.79 Å². The van der Waals surface area contributed by atoms with Crippen LogP contribution in [0.3, 0.4) is 0 Å². The highest BCUT2D eigenvalue weighted by molar-refractivity contribution is 5.23. The standard InChI is InChI=1S/C8H13N3O3/c1-13-4-5-14-6-11-3-2-7(9)10-8(11)12/h2-3H,4-6H2,1H3,(H2,9,10,12). The fraction of sp³-hybridized carbons (Fsp3) is 0.500. The molecule has 0 aliphatic rings. The predicted octanol–water partition coefficient (Wildman–Crippen LogP) is -0.554. The lowest BCUT2D eigenvalue weighted by Gasteiger charge is -2.05. The predicted molar refractivity (Wildman–Crippen MR) is 50.7 cm³/mol. The second-order valence-corrected chi connectivity index (χ2v) is 2.63. The monoisotopic (exact) mass is 199 g/mol. The molecule has 6 heteroatoms. The lowest BCUT2D eigenvalue weighted by molar-refractivity contribution is 0.0321. The highest BCUT2D eigenvalue weighted by atomic mass is 16.5. The summed E-state index contributed by atoms with van der Waals surface area (Å²) in [4.78, 5) is 14.7. The summed E-state index contributed by atoms with van der Waals surface area (Å²) in [5, 5.41) is 0. The average molecular weight is 199 g/mol. The number of hydrogen-bond donors (Lipinski definition) is 1. The van der Waals surface area contributed by atoms with Crippen LogP contribution in [0.25, 0.3) is 0 Å². The molecule has 0 radical (unpaired) electrons. The zero-order chi connectivity index (χ0) is 10.4. The van der Waals surface area contributed by atoms with E-state index in [4.69, 9.17) is 15.2 Å². The van der Waals surface area contributed by atoms with E-state index < -0.39 is 5.69 Å². The number of rotatable bonds is 5. The number of nitrogen functional groups attached to an aromatic ring is 1. The molecule has 0 aliphatic carbocycles. The maximum atomic E-state index is 11.2. The highest BCUT2D eigenvalue weighted by Crippen LogP contribution is 1.89. The van der Waals surface area contributed by atoms with Gasteiger partial charge in [0.15, 0.2) is 0 Å². The lowest BCUT2D eigenvalue weighted by atomic mass is 10.6. The zero-order valence-corrected chi connectivity index (χ0v) is 7.97. The molecule has 1 aromatic heterocycles. The fourth-order valence-corrected chi connectivity index (χ4v) is 0.845. The van der Waals surface area contributed by atoms with Crippen molar-refractivity contribution in [1.82, 2.24) is 9.55 Å². The molecule has 0 saturated carbocycles. The van der Waals surface area contributed by atoms with Crippen LogP contribution in [0.15, 0.2) is 17.1 Å². The maximum Gasteiger partial charge on any atom is 0.351 e. The van der Waals surface area contributed by atoms with Crippen LogP contribution in [0.1, 0.15) is 0 Å². The molecular weight excluding hydrogens is 186 g/mol. The molecule has 2 N–H and O–H groups in total. The molecule has 0 spiro atoms. The van der Waals surface area contributed by atoms with E-state index in [1.165, 1.54) is 10.8 Å². The Kier molecular flexibility index (Phi) is 4.09. The van der Waals surface area contributed by atoms with Gasteiger partial charge in [-0.25, -0.2) is 4.79 Å². The van der Waals surface area contributed by atoms with Crippen molar-refractivity contribution in [1.29, 1.82) is 0 Å². The number of hydrogen-bond acceptors (Lipinski definition) is 5. The largest absolute Gasteiger partial charge is 0.383 e. The number of aromatic nitrogens is 2.